The Balaban J connectivity index is 1.18. The summed E-state index contributed by atoms with van der Waals surface area (Å²) in [5.41, 5.74) is 7.57. The van der Waals surface area contributed by atoms with Crippen molar-refractivity contribution < 1.29 is 4.52 Å². The number of hydrogen-bond donors (Lipinski definition) is 2. The van der Waals surface area contributed by atoms with Gasteiger partial charge in [0.05, 0.1) is 0 Å². The summed E-state index contributed by atoms with van der Waals surface area (Å²) < 4.78 is 5.65. The van der Waals surface area contributed by atoms with Crippen LogP contribution in [0.4, 0.5) is 0 Å². The molecule has 3 N–H and O–H groups in total. The first-order valence-corrected chi connectivity index (χ1v) is 10.1. The van der Waals surface area contributed by atoms with Crippen LogP contribution in [0.2, 0.25) is 0 Å². The van der Waals surface area contributed by atoms with Crippen molar-refractivity contribution in [2.75, 3.05) is 6.54 Å². The lowest BCUT2D eigenvalue weighted by atomic mass is 9.86. The minimum absolute atomic E-state index is 0.108. The molecule has 1 aromatic heterocycles. The second-order valence-electron chi connectivity index (χ2n) is 8.59. The second-order valence-corrected chi connectivity index (χ2v) is 8.59. The number of rotatable bonds is 6. The molecule has 2 aromatic rings. The Bertz CT molecular complexity index is 746. The molecule has 3 aliphatic rings. The number of nitrogens with zero attached hydrogens (tertiary/aromatic N) is 2. The van der Waals surface area contributed by atoms with E-state index in [1.165, 1.54) is 12.0 Å². The highest BCUT2D eigenvalue weighted by Gasteiger charge is 2.50. The van der Waals surface area contributed by atoms with E-state index in [9.17, 15) is 0 Å². The molecule has 2 atom stereocenters. The van der Waals surface area contributed by atoms with Gasteiger partial charge >= 0.3 is 0 Å². The fraction of sp³-hybridized carbons (Fsp3) is 0.619. The Labute approximate surface area is 154 Å². The van der Waals surface area contributed by atoms with Gasteiger partial charge < -0.3 is 15.6 Å². The maximum atomic E-state index is 6.01. The SMILES string of the molecule is NC1CCC(c2nc(C3(CN[C@@H]4CC4c4ccccc4)CC3)no2)CC1. The van der Waals surface area contributed by atoms with E-state index in [0.29, 0.717) is 23.9 Å². The summed E-state index contributed by atoms with van der Waals surface area (Å²) in [7, 11) is 0. The van der Waals surface area contributed by atoms with Gasteiger partial charge in [-0.05, 0) is 50.5 Å². The average molecular weight is 352 g/mol. The summed E-state index contributed by atoms with van der Waals surface area (Å²) in [6.07, 6.45) is 7.85. The molecule has 5 rings (SSSR count). The Morgan fingerprint density at radius 2 is 1.88 bits per heavy atom. The summed E-state index contributed by atoms with van der Waals surface area (Å²) in [5, 5.41) is 8.13. The van der Waals surface area contributed by atoms with E-state index in [-0.39, 0.29) is 5.41 Å². The van der Waals surface area contributed by atoms with Crippen molar-refractivity contribution in [1.29, 1.82) is 0 Å². The van der Waals surface area contributed by atoms with Gasteiger partial charge in [0.2, 0.25) is 5.89 Å². The Morgan fingerprint density at radius 3 is 2.62 bits per heavy atom. The lowest BCUT2D eigenvalue weighted by Crippen LogP contribution is -2.30. The van der Waals surface area contributed by atoms with E-state index in [0.717, 1.165) is 56.8 Å². The summed E-state index contributed by atoms with van der Waals surface area (Å²) in [4.78, 5) is 4.81. The number of aromatic nitrogens is 2. The van der Waals surface area contributed by atoms with Gasteiger partial charge in [0, 0.05) is 35.9 Å². The van der Waals surface area contributed by atoms with E-state index >= 15 is 0 Å². The lowest BCUT2D eigenvalue weighted by molar-refractivity contribution is 0.298. The standard InChI is InChI=1S/C21H28N4O/c22-16-8-6-15(7-9-16)19-24-20(25-26-19)21(10-11-21)13-23-18-12-17(18)14-4-2-1-3-5-14/h1-5,15-18,23H,6-13,22H2/t15?,16?,17?,18-/m1/s1. The normalized spacial score (nSPS) is 32.3. The zero-order valence-electron chi connectivity index (χ0n) is 15.2. The minimum atomic E-state index is 0.108. The molecule has 3 aliphatic carbocycles. The fourth-order valence-electron chi connectivity index (χ4n) is 4.43. The molecule has 0 saturated heterocycles. The van der Waals surface area contributed by atoms with Crippen molar-refractivity contribution >= 4 is 0 Å². The van der Waals surface area contributed by atoms with Crippen molar-refractivity contribution in [1.82, 2.24) is 15.5 Å². The van der Waals surface area contributed by atoms with Crippen molar-refractivity contribution in [2.24, 2.45) is 5.73 Å². The van der Waals surface area contributed by atoms with Crippen molar-refractivity contribution in [3.05, 3.63) is 47.6 Å². The van der Waals surface area contributed by atoms with Crippen molar-refractivity contribution in [3.8, 4) is 0 Å². The number of hydrogen-bond acceptors (Lipinski definition) is 5. The van der Waals surface area contributed by atoms with Crippen LogP contribution >= 0.6 is 0 Å². The highest BCUT2D eigenvalue weighted by molar-refractivity contribution is 5.28. The maximum Gasteiger partial charge on any atom is 0.229 e. The molecule has 0 aliphatic heterocycles. The average Bonchev–Trinajstić information content (AvgIpc) is 3.59. The van der Waals surface area contributed by atoms with Crippen molar-refractivity contribution in [2.45, 2.75) is 74.3 Å². The zero-order chi connectivity index (χ0) is 17.6. The van der Waals surface area contributed by atoms with E-state index < -0.39 is 0 Å². The molecule has 0 amide bonds. The largest absolute Gasteiger partial charge is 0.339 e. The van der Waals surface area contributed by atoms with Gasteiger partial charge in [-0.1, -0.05) is 35.5 Å². The van der Waals surface area contributed by atoms with E-state index in [1.807, 2.05) is 0 Å². The van der Waals surface area contributed by atoms with E-state index in [4.69, 9.17) is 15.2 Å². The van der Waals surface area contributed by atoms with Crippen LogP contribution in [0, 0.1) is 0 Å². The molecule has 1 heterocycles. The maximum absolute atomic E-state index is 6.01. The molecule has 0 radical (unpaired) electrons. The Morgan fingerprint density at radius 1 is 1.12 bits per heavy atom. The van der Waals surface area contributed by atoms with Crippen LogP contribution in [0.15, 0.2) is 34.9 Å². The predicted octanol–water partition coefficient (Wildman–Crippen LogP) is 3.23. The summed E-state index contributed by atoms with van der Waals surface area (Å²) >= 11 is 0. The third-order valence-electron chi connectivity index (χ3n) is 6.61. The van der Waals surface area contributed by atoms with Crippen LogP contribution in [-0.2, 0) is 5.41 Å². The first kappa shape index (κ1) is 16.5. The summed E-state index contributed by atoms with van der Waals surface area (Å²) in [6, 6.07) is 11.8. The van der Waals surface area contributed by atoms with Crippen LogP contribution in [-0.4, -0.2) is 28.8 Å². The summed E-state index contributed by atoms with van der Waals surface area (Å²) in [6.45, 7) is 0.968. The molecule has 138 valence electrons. The van der Waals surface area contributed by atoms with Gasteiger partial charge in [-0.2, -0.15) is 4.98 Å². The van der Waals surface area contributed by atoms with Crippen LogP contribution in [0.3, 0.4) is 0 Å². The monoisotopic (exact) mass is 352 g/mol. The molecule has 3 fully saturated rings. The van der Waals surface area contributed by atoms with Crippen LogP contribution in [0.25, 0.3) is 0 Å². The predicted molar refractivity (Wildman–Crippen MR) is 100.0 cm³/mol. The summed E-state index contributed by atoms with van der Waals surface area (Å²) in [5.74, 6) is 2.84. The smallest absolute Gasteiger partial charge is 0.229 e. The van der Waals surface area contributed by atoms with Gasteiger partial charge in [-0.3, -0.25) is 0 Å². The van der Waals surface area contributed by atoms with Crippen LogP contribution in [0.1, 0.15) is 74.1 Å². The second kappa shape index (κ2) is 6.46. The molecular formula is C21H28N4O. The molecule has 5 nitrogen and oxygen atoms in total. The van der Waals surface area contributed by atoms with Gasteiger partial charge in [0.25, 0.3) is 0 Å². The molecule has 0 spiro atoms. The van der Waals surface area contributed by atoms with Gasteiger partial charge in [-0.15, -0.1) is 0 Å². The third kappa shape index (κ3) is 3.19. The topological polar surface area (TPSA) is 77.0 Å². The van der Waals surface area contributed by atoms with E-state index in [1.54, 1.807) is 0 Å². The molecule has 5 heteroatoms. The first-order chi connectivity index (χ1) is 12.7. The quantitative estimate of drug-likeness (QED) is 0.835. The lowest BCUT2D eigenvalue weighted by Gasteiger charge is -2.23. The zero-order valence-corrected chi connectivity index (χ0v) is 15.2. The van der Waals surface area contributed by atoms with Crippen LogP contribution < -0.4 is 11.1 Å². The molecular weight excluding hydrogens is 324 g/mol. The highest BCUT2D eigenvalue weighted by atomic mass is 16.5. The molecule has 1 aromatic carbocycles. The minimum Gasteiger partial charge on any atom is -0.339 e. The van der Waals surface area contributed by atoms with Crippen LogP contribution in [0.5, 0.6) is 0 Å². The third-order valence-corrected chi connectivity index (χ3v) is 6.61. The molecule has 26 heavy (non-hydrogen) atoms. The van der Waals surface area contributed by atoms with Gasteiger partial charge in [0.1, 0.15) is 0 Å². The molecule has 1 unspecified atom stereocenters. The molecule has 0 bridgehead atoms. The van der Waals surface area contributed by atoms with Gasteiger partial charge in [-0.25, -0.2) is 0 Å². The number of nitrogens with two attached hydrogens (primary N) is 1. The Kier molecular flexibility index (Phi) is 4.09. The Hall–Kier alpha value is -1.72. The van der Waals surface area contributed by atoms with Crippen molar-refractivity contribution in [3.63, 3.8) is 0 Å². The number of benzene rings is 1. The number of nitrogens with one attached hydrogen (secondary N) is 1. The van der Waals surface area contributed by atoms with E-state index in [2.05, 4.69) is 40.8 Å². The highest BCUT2D eigenvalue weighted by Crippen LogP contribution is 2.48. The fourth-order valence-corrected chi connectivity index (χ4v) is 4.43. The molecule has 3 saturated carbocycles. The first-order valence-electron chi connectivity index (χ1n) is 10.1. The van der Waals surface area contributed by atoms with Gasteiger partial charge in [0.15, 0.2) is 5.82 Å².